The summed E-state index contributed by atoms with van der Waals surface area (Å²) in [5, 5.41) is 0. The Labute approximate surface area is 104 Å². The zero-order valence-electron chi connectivity index (χ0n) is 11.2. The molecule has 3 nitrogen and oxygen atoms in total. The normalized spacial score (nSPS) is 21.6. The molecule has 0 unspecified atom stereocenters. The molecule has 0 bridgehead atoms. The van der Waals surface area contributed by atoms with Gasteiger partial charge in [0.15, 0.2) is 0 Å². The second-order valence-corrected chi connectivity index (χ2v) is 6.66. The number of aromatic nitrogens is 2. The van der Waals surface area contributed by atoms with Crippen molar-refractivity contribution in [3.8, 4) is 0 Å². The predicted molar refractivity (Wildman–Crippen MR) is 68.9 cm³/mol. The first kappa shape index (κ1) is 11.3. The standard InChI is InChI=1S/C14H23N3/c1-14(2,3)12-9-17-7-6-16(8-11-4-5-11)10-13(17)15-12/h9,11H,4-8,10H2,1-3H3. The molecule has 1 aliphatic carbocycles. The van der Waals surface area contributed by atoms with Crippen molar-refractivity contribution in [1.82, 2.24) is 14.5 Å². The molecule has 17 heavy (non-hydrogen) atoms. The summed E-state index contributed by atoms with van der Waals surface area (Å²) in [7, 11) is 0. The van der Waals surface area contributed by atoms with Crippen LogP contribution < -0.4 is 0 Å². The Kier molecular flexibility index (Phi) is 2.54. The van der Waals surface area contributed by atoms with E-state index >= 15 is 0 Å². The highest BCUT2D eigenvalue weighted by Crippen LogP contribution is 2.31. The van der Waals surface area contributed by atoms with Crippen LogP contribution in [0.4, 0.5) is 0 Å². The zero-order valence-corrected chi connectivity index (χ0v) is 11.2. The molecule has 0 saturated heterocycles. The summed E-state index contributed by atoms with van der Waals surface area (Å²) in [6.45, 7) is 11.4. The van der Waals surface area contributed by atoms with E-state index in [-0.39, 0.29) is 5.41 Å². The maximum atomic E-state index is 4.82. The van der Waals surface area contributed by atoms with E-state index in [1.54, 1.807) is 0 Å². The van der Waals surface area contributed by atoms with Gasteiger partial charge in [-0.2, -0.15) is 0 Å². The van der Waals surface area contributed by atoms with Gasteiger partial charge in [-0.05, 0) is 18.8 Å². The van der Waals surface area contributed by atoms with Crippen molar-refractivity contribution in [3.05, 3.63) is 17.7 Å². The van der Waals surface area contributed by atoms with E-state index in [0.29, 0.717) is 0 Å². The van der Waals surface area contributed by atoms with E-state index in [2.05, 4.69) is 36.4 Å². The monoisotopic (exact) mass is 233 g/mol. The van der Waals surface area contributed by atoms with Gasteiger partial charge >= 0.3 is 0 Å². The quantitative estimate of drug-likeness (QED) is 0.782. The molecule has 1 fully saturated rings. The highest BCUT2D eigenvalue weighted by molar-refractivity contribution is 5.14. The third-order valence-corrected chi connectivity index (χ3v) is 3.86. The van der Waals surface area contributed by atoms with Crippen LogP contribution in [-0.4, -0.2) is 27.5 Å². The van der Waals surface area contributed by atoms with Crippen LogP contribution in [0.3, 0.4) is 0 Å². The number of hydrogen-bond acceptors (Lipinski definition) is 2. The Bertz CT molecular complexity index is 410. The largest absolute Gasteiger partial charge is 0.332 e. The highest BCUT2D eigenvalue weighted by atomic mass is 15.2. The van der Waals surface area contributed by atoms with Crippen LogP contribution in [0.25, 0.3) is 0 Å². The summed E-state index contributed by atoms with van der Waals surface area (Å²) in [4.78, 5) is 7.40. The van der Waals surface area contributed by atoms with Gasteiger partial charge in [0.2, 0.25) is 0 Å². The molecule has 2 aliphatic rings. The van der Waals surface area contributed by atoms with Gasteiger partial charge in [0.05, 0.1) is 12.2 Å². The molecule has 3 rings (SSSR count). The molecule has 0 atom stereocenters. The molecule has 94 valence electrons. The third-order valence-electron chi connectivity index (χ3n) is 3.86. The van der Waals surface area contributed by atoms with Crippen molar-refractivity contribution in [1.29, 1.82) is 0 Å². The van der Waals surface area contributed by atoms with Gasteiger partial charge in [0, 0.05) is 31.2 Å². The lowest BCUT2D eigenvalue weighted by Crippen LogP contribution is -2.34. The van der Waals surface area contributed by atoms with Crippen LogP contribution in [0.15, 0.2) is 6.20 Å². The molecular weight excluding hydrogens is 210 g/mol. The number of nitrogens with zero attached hydrogens (tertiary/aromatic N) is 3. The Morgan fingerprint density at radius 1 is 1.29 bits per heavy atom. The van der Waals surface area contributed by atoms with Crippen molar-refractivity contribution in [2.45, 2.75) is 52.1 Å². The maximum Gasteiger partial charge on any atom is 0.123 e. The molecule has 0 radical (unpaired) electrons. The van der Waals surface area contributed by atoms with Gasteiger partial charge in [0.1, 0.15) is 5.82 Å². The number of imidazole rings is 1. The Hall–Kier alpha value is -0.830. The summed E-state index contributed by atoms with van der Waals surface area (Å²) in [6.07, 6.45) is 5.14. The lowest BCUT2D eigenvalue weighted by Gasteiger charge is -2.27. The Morgan fingerprint density at radius 3 is 2.71 bits per heavy atom. The number of fused-ring (bicyclic) bond motifs is 1. The SMILES string of the molecule is CC(C)(C)c1cn2c(n1)CN(CC1CC1)CC2. The van der Waals surface area contributed by atoms with Crippen molar-refractivity contribution in [3.63, 3.8) is 0 Å². The smallest absolute Gasteiger partial charge is 0.123 e. The molecule has 1 saturated carbocycles. The van der Waals surface area contributed by atoms with E-state index in [1.165, 1.54) is 37.4 Å². The molecule has 1 aliphatic heterocycles. The average molecular weight is 233 g/mol. The van der Waals surface area contributed by atoms with Gasteiger partial charge in [-0.3, -0.25) is 4.90 Å². The van der Waals surface area contributed by atoms with Crippen molar-refractivity contribution < 1.29 is 0 Å². The summed E-state index contributed by atoms with van der Waals surface area (Å²) in [6, 6.07) is 0. The van der Waals surface area contributed by atoms with Gasteiger partial charge in [-0.25, -0.2) is 4.98 Å². The summed E-state index contributed by atoms with van der Waals surface area (Å²) >= 11 is 0. The van der Waals surface area contributed by atoms with Crippen LogP contribution in [0.1, 0.15) is 45.1 Å². The minimum absolute atomic E-state index is 0.172. The molecular formula is C14H23N3. The fraction of sp³-hybridized carbons (Fsp3) is 0.786. The van der Waals surface area contributed by atoms with E-state index < -0.39 is 0 Å². The molecule has 0 N–H and O–H groups in total. The first-order valence-corrected chi connectivity index (χ1v) is 6.81. The van der Waals surface area contributed by atoms with E-state index in [9.17, 15) is 0 Å². The van der Waals surface area contributed by atoms with Crippen LogP contribution in [0.2, 0.25) is 0 Å². The second-order valence-electron chi connectivity index (χ2n) is 6.66. The highest BCUT2D eigenvalue weighted by Gasteiger charge is 2.28. The first-order valence-electron chi connectivity index (χ1n) is 6.81. The molecule has 0 amide bonds. The van der Waals surface area contributed by atoms with Crippen LogP contribution >= 0.6 is 0 Å². The van der Waals surface area contributed by atoms with Gasteiger partial charge in [-0.1, -0.05) is 20.8 Å². The van der Waals surface area contributed by atoms with Crippen LogP contribution in [-0.2, 0) is 18.5 Å². The van der Waals surface area contributed by atoms with Gasteiger partial charge in [-0.15, -0.1) is 0 Å². The van der Waals surface area contributed by atoms with Crippen molar-refractivity contribution >= 4 is 0 Å². The third kappa shape index (κ3) is 2.39. The molecule has 2 heterocycles. The fourth-order valence-corrected chi connectivity index (χ4v) is 2.49. The summed E-state index contributed by atoms with van der Waals surface area (Å²) < 4.78 is 2.35. The predicted octanol–water partition coefficient (Wildman–Crippen LogP) is 2.41. The minimum Gasteiger partial charge on any atom is -0.332 e. The van der Waals surface area contributed by atoms with Crippen molar-refractivity contribution in [2.24, 2.45) is 5.92 Å². The Balaban J connectivity index is 1.75. The zero-order chi connectivity index (χ0) is 12.0. The summed E-state index contributed by atoms with van der Waals surface area (Å²) in [5.74, 6) is 2.25. The van der Waals surface area contributed by atoms with Crippen LogP contribution in [0.5, 0.6) is 0 Å². The molecule has 0 aromatic carbocycles. The Morgan fingerprint density at radius 2 is 2.06 bits per heavy atom. The average Bonchev–Trinajstić information content (AvgIpc) is 2.94. The molecule has 0 spiro atoms. The van der Waals surface area contributed by atoms with Gasteiger partial charge in [0.25, 0.3) is 0 Å². The van der Waals surface area contributed by atoms with E-state index in [4.69, 9.17) is 4.98 Å². The second kappa shape index (κ2) is 3.84. The number of hydrogen-bond donors (Lipinski definition) is 0. The molecule has 1 aromatic heterocycles. The molecule has 3 heteroatoms. The molecule has 1 aromatic rings. The van der Waals surface area contributed by atoms with Crippen LogP contribution in [0, 0.1) is 5.92 Å². The number of rotatable bonds is 2. The van der Waals surface area contributed by atoms with Gasteiger partial charge < -0.3 is 4.57 Å². The summed E-state index contributed by atoms with van der Waals surface area (Å²) in [5.41, 5.74) is 1.41. The van der Waals surface area contributed by atoms with Crippen molar-refractivity contribution in [2.75, 3.05) is 13.1 Å². The first-order chi connectivity index (χ1) is 8.02. The lowest BCUT2D eigenvalue weighted by molar-refractivity contribution is 0.209. The van der Waals surface area contributed by atoms with E-state index in [1.807, 2.05) is 0 Å². The fourth-order valence-electron chi connectivity index (χ4n) is 2.49. The van der Waals surface area contributed by atoms with E-state index in [0.717, 1.165) is 19.0 Å². The lowest BCUT2D eigenvalue weighted by atomic mass is 9.93. The maximum absolute atomic E-state index is 4.82. The minimum atomic E-state index is 0.172. The topological polar surface area (TPSA) is 21.1 Å².